The van der Waals surface area contributed by atoms with E-state index in [1.807, 2.05) is 30.3 Å². The molecule has 0 radical (unpaired) electrons. The third-order valence-corrected chi connectivity index (χ3v) is 7.70. The fraction of sp³-hybridized carbons (Fsp3) is 0.258. The van der Waals surface area contributed by atoms with Gasteiger partial charge < -0.3 is 34.9 Å². The molecule has 224 valence electrons. The van der Waals surface area contributed by atoms with Crippen LogP contribution in [0.25, 0.3) is 10.9 Å². The summed E-state index contributed by atoms with van der Waals surface area (Å²) in [4.78, 5) is 41.1. The number of ether oxygens (including phenoxy) is 3. The first-order chi connectivity index (χ1) is 20.8. The summed E-state index contributed by atoms with van der Waals surface area (Å²) < 4.78 is 16.5. The molecule has 12 heteroatoms. The number of fused-ring (bicyclic) bond motifs is 1. The van der Waals surface area contributed by atoms with Gasteiger partial charge in [0.25, 0.3) is 11.8 Å². The number of H-pyrrole nitrogens is 1. The van der Waals surface area contributed by atoms with Crippen molar-refractivity contribution >= 4 is 51.9 Å². The molecule has 0 aliphatic carbocycles. The van der Waals surface area contributed by atoms with Gasteiger partial charge in [-0.3, -0.25) is 9.59 Å². The summed E-state index contributed by atoms with van der Waals surface area (Å²) >= 11 is 12.4. The SMILES string of the molecule is O=C(O)C(Cc1ccc(OCc2c(Cl)cccc2Cl)cc1)NC(=O)C1OCOC1C(=O)NCCc1cc2ccccc2[nH]1. The minimum atomic E-state index is -1.29. The van der Waals surface area contributed by atoms with Crippen molar-refractivity contribution in [3.8, 4) is 5.75 Å². The quantitative estimate of drug-likeness (QED) is 0.184. The van der Waals surface area contributed by atoms with E-state index in [2.05, 4.69) is 15.6 Å². The Morgan fingerprint density at radius 3 is 2.35 bits per heavy atom. The number of hydrogen-bond donors (Lipinski definition) is 4. The Balaban J connectivity index is 1.12. The number of benzene rings is 3. The van der Waals surface area contributed by atoms with Crippen molar-refractivity contribution in [2.24, 2.45) is 0 Å². The van der Waals surface area contributed by atoms with E-state index in [-0.39, 0.29) is 19.8 Å². The molecule has 0 spiro atoms. The van der Waals surface area contributed by atoms with E-state index >= 15 is 0 Å². The van der Waals surface area contributed by atoms with E-state index in [9.17, 15) is 19.5 Å². The zero-order chi connectivity index (χ0) is 30.3. The third kappa shape index (κ3) is 7.66. The minimum Gasteiger partial charge on any atom is -0.489 e. The first kappa shape index (κ1) is 30.4. The molecule has 0 saturated carbocycles. The Kier molecular flexibility index (Phi) is 9.83. The van der Waals surface area contributed by atoms with E-state index < -0.39 is 36.0 Å². The summed E-state index contributed by atoms with van der Waals surface area (Å²) in [7, 11) is 0. The monoisotopic (exact) mass is 625 g/mol. The topological polar surface area (TPSA) is 139 Å². The van der Waals surface area contributed by atoms with Crippen LogP contribution in [0.15, 0.2) is 72.8 Å². The lowest BCUT2D eigenvalue weighted by Crippen LogP contribution is -2.52. The molecule has 10 nitrogen and oxygen atoms in total. The molecule has 43 heavy (non-hydrogen) atoms. The average molecular weight is 626 g/mol. The van der Waals surface area contributed by atoms with Crippen LogP contribution in [0.5, 0.6) is 5.75 Å². The van der Waals surface area contributed by atoms with Gasteiger partial charge in [0.2, 0.25) is 0 Å². The van der Waals surface area contributed by atoms with Crippen molar-refractivity contribution in [3.63, 3.8) is 0 Å². The number of carbonyl (C=O) groups excluding carboxylic acids is 2. The average Bonchev–Trinajstić information content (AvgIpc) is 3.65. The van der Waals surface area contributed by atoms with Crippen molar-refractivity contribution in [3.05, 3.63) is 99.7 Å². The van der Waals surface area contributed by atoms with Gasteiger partial charge in [-0.15, -0.1) is 0 Å². The second-order valence-corrected chi connectivity index (χ2v) is 10.8. The zero-order valence-electron chi connectivity index (χ0n) is 22.8. The van der Waals surface area contributed by atoms with Crippen LogP contribution in [-0.4, -0.2) is 59.5 Å². The highest BCUT2D eigenvalue weighted by Gasteiger charge is 2.41. The molecule has 1 aliphatic rings. The van der Waals surface area contributed by atoms with Crippen molar-refractivity contribution < 1.29 is 33.7 Å². The Hall–Kier alpha value is -4.09. The largest absolute Gasteiger partial charge is 0.489 e. The lowest BCUT2D eigenvalue weighted by atomic mass is 10.0. The van der Waals surface area contributed by atoms with Gasteiger partial charge in [0.1, 0.15) is 25.2 Å². The number of para-hydroxylation sites is 1. The molecule has 1 fully saturated rings. The van der Waals surface area contributed by atoms with Crippen LogP contribution in [0, 0.1) is 0 Å². The number of nitrogens with one attached hydrogen (secondary N) is 3. The Morgan fingerprint density at radius 1 is 0.953 bits per heavy atom. The molecule has 2 amide bonds. The fourth-order valence-corrected chi connectivity index (χ4v) is 5.22. The van der Waals surface area contributed by atoms with E-state index in [0.717, 1.165) is 16.6 Å². The highest BCUT2D eigenvalue weighted by molar-refractivity contribution is 6.35. The Bertz CT molecular complexity index is 1560. The lowest BCUT2D eigenvalue weighted by Gasteiger charge is -2.20. The number of halogens is 2. The smallest absolute Gasteiger partial charge is 0.326 e. The summed E-state index contributed by atoms with van der Waals surface area (Å²) in [5, 5.41) is 17.1. The Morgan fingerprint density at radius 2 is 1.65 bits per heavy atom. The number of carboxylic acid groups (broad SMARTS) is 1. The maximum Gasteiger partial charge on any atom is 0.326 e. The van der Waals surface area contributed by atoms with Gasteiger partial charge in [-0.1, -0.05) is 59.6 Å². The van der Waals surface area contributed by atoms with Gasteiger partial charge in [0.05, 0.1) is 0 Å². The number of hydrogen-bond acceptors (Lipinski definition) is 6. The third-order valence-electron chi connectivity index (χ3n) is 6.99. The van der Waals surface area contributed by atoms with E-state index in [1.54, 1.807) is 42.5 Å². The first-order valence-electron chi connectivity index (χ1n) is 13.5. The molecule has 3 aromatic carbocycles. The molecule has 4 N–H and O–H groups in total. The number of carboxylic acids is 1. The van der Waals surface area contributed by atoms with Crippen LogP contribution in [0.3, 0.4) is 0 Å². The second-order valence-electron chi connectivity index (χ2n) is 9.95. The Labute approximate surface area is 257 Å². The molecule has 5 rings (SSSR count). The van der Waals surface area contributed by atoms with Crippen molar-refractivity contribution in [1.29, 1.82) is 0 Å². The number of carbonyl (C=O) groups is 3. The summed E-state index contributed by atoms with van der Waals surface area (Å²) in [5.74, 6) is -1.97. The standard InChI is InChI=1S/C31H29Cl2N3O7/c32-23-5-3-6-24(33)22(23)16-41-21-10-8-18(9-11-21)14-26(31(39)40)36-30(38)28-27(42-17-43-28)29(37)34-13-12-20-15-19-4-1-2-7-25(19)35-20/h1-11,15,26-28,35H,12-14,16-17H2,(H,34,37)(H,36,38)(H,39,40). The number of rotatable bonds is 12. The van der Waals surface area contributed by atoms with Gasteiger partial charge in [0, 0.05) is 46.2 Å². The molecule has 1 aromatic heterocycles. The normalized spacial score (nSPS) is 17.0. The van der Waals surface area contributed by atoms with Crippen molar-refractivity contribution in [2.45, 2.75) is 37.7 Å². The summed E-state index contributed by atoms with van der Waals surface area (Å²) in [6, 6.07) is 20.6. The maximum atomic E-state index is 13.0. The number of aromatic nitrogens is 1. The molecular formula is C31H29Cl2N3O7. The van der Waals surface area contributed by atoms with Gasteiger partial charge in [-0.05, 0) is 47.3 Å². The predicted molar refractivity (Wildman–Crippen MR) is 160 cm³/mol. The number of aromatic amines is 1. The van der Waals surface area contributed by atoms with Gasteiger partial charge in [0.15, 0.2) is 12.2 Å². The van der Waals surface area contributed by atoms with Gasteiger partial charge in [-0.25, -0.2) is 4.79 Å². The van der Waals surface area contributed by atoms with Crippen molar-refractivity contribution in [2.75, 3.05) is 13.3 Å². The lowest BCUT2D eigenvalue weighted by molar-refractivity contribution is -0.144. The predicted octanol–water partition coefficient (Wildman–Crippen LogP) is 4.27. The summed E-state index contributed by atoms with van der Waals surface area (Å²) in [6.45, 7) is 0.201. The molecule has 3 atom stereocenters. The van der Waals surface area contributed by atoms with Crippen LogP contribution in [-0.2, 0) is 43.3 Å². The van der Waals surface area contributed by atoms with Crippen LogP contribution < -0.4 is 15.4 Å². The molecule has 0 bridgehead atoms. The molecule has 3 unspecified atom stereocenters. The minimum absolute atomic E-state index is 0.00731. The van der Waals surface area contributed by atoms with Crippen LogP contribution >= 0.6 is 23.2 Å². The fourth-order valence-electron chi connectivity index (χ4n) is 4.71. The van der Waals surface area contributed by atoms with E-state index in [4.69, 9.17) is 37.4 Å². The first-order valence-corrected chi connectivity index (χ1v) is 14.3. The van der Waals surface area contributed by atoms with Crippen LogP contribution in [0.4, 0.5) is 0 Å². The molecule has 1 saturated heterocycles. The number of amides is 2. The van der Waals surface area contributed by atoms with E-state index in [0.29, 0.717) is 39.9 Å². The van der Waals surface area contributed by atoms with Crippen LogP contribution in [0.1, 0.15) is 16.8 Å². The highest BCUT2D eigenvalue weighted by Crippen LogP contribution is 2.26. The van der Waals surface area contributed by atoms with Gasteiger partial charge in [-0.2, -0.15) is 0 Å². The molecule has 4 aromatic rings. The number of aliphatic carboxylic acids is 1. The summed E-state index contributed by atoms with van der Waals surface area (Å²) in [5.41, 5.74) is 3.26. The highest BCUT2D eigenvalue weighted by atomic mass is 35.5. The second kappa shape index (κ2) is 13.9. The zero-order valence-corrected chi connectivity index (χ0v) is 24.4. The van der Waals surface area contributed by atoms with E-state index in [1.165, 1.54) is 0 Å². The van der Waals surface area contributed by atoms with Crippen LogP contribution in [0.2, 0.25) is 10.0 Å². The maximum absolute atomic E-state index is 13.0. The van der Waals surface area contributed by atoms with Gasteiger partial charge >= 0.3 is 5.97 Å². The van der Waals surface area contributed by atoms with Crippen molar-refractivity contribution in [1.82, 2.24) is 15.6 Å². The summed E-state index contributed by atoms with van der Waals surface area (Å²) in [6.07, 6.45) is -1.96. The molecule has 1 aliphatic heterocycles. The molecular weight excluding hydrogens is 597 g/mol. The molecule has 2 heterocycles.